The van der Waals surface area contributed by atoms with Gasteiger partial charge in [0.1, 0.15) is 5.82 Å². The van der Waals surface area contributed by atoms with Crippen molar-refractivity contribution in [2.75, 3.05) is 25.0 Å². The minimum atomic E-state index is -0.333. The molecular formula is C19H21FN2O. The highest BCUT2D eigenvalue weighted by Crippen LogP contribution is 2.26. The van der Waals surface area contributed by atoms with Crippen LogP contribution in [0.2, 0.25) is 0 Å². The number of rotatable bonds is 4. The van der Waals surface area contributed by atoms with Gasteiger partial charge in [-0.1, -0.05) is 12.1 Å². The van der Waals surface area contributed by atoms with Crippen LogP contribution < -0.4 is 10.2 Å². The van der Waals surface area contributed by atoms with E-state index in [4.69, 9.17) is 0 Å². The molecule has 3 nitrogen and oxygen atoms in total. The third kappa shape index (κ3) is 3.70. The van der Waals surface area contributed by atoms with Crippen molar-refractivity contribution in [2.24, 2.45) is 0 Å². The lowest BCUT2D eigenvalue weighted by molar-refractivity contribution is 0.0954. The lowest BCUT2D eigenvalue weighted by Crippen LogP contribution is -2.26. The van der Waals surface area contributed by atoms with Crippen LogP contribution in [0.15, 0.2) is 42.5 Å². The second kappa shape index (κ2) is 6.82. The molecule has 1 amide bonds. The Morgan fingerprint density at radius 2 is 2.00 bits per heavy atom. The fraction of sp³-hybridized carbons (Fsp3) is 0.316. The van der Waals surface area contributed by atoms with Gasteiger partial charge >= 0.3 is 0 Å². The van der Waals surface area contributed by atoms with Crippen LogP contribution >= 0.6 is 0 Å². The van der Waals surface area contributed by atoms with Crippen molar-refractivity contribution < 1.29 is 9.18 Å². The first kappa shape index (κ1) is 15.5. The van der Waals surface area contributed by atoms with E-state index < -0.39 is 0 Å². The molecule has 1 heterocycles. The first-order chi connectivity index (χ1) is 11.1. The number of benzene rings is 2. The van der Waals surface area contributed by atoms with E-state index in [9.17, 15) is 9.18 Å². The van der Waals surface area contributed by atoms with E-state index in [0.29, 0.717) is 12.1 Å². The Kier molecular flexibility index (Phi) is 4.60. The van der Waals surface area contributed by atoms with Crippen LogP contribution in [0, 0.1) is 5.82 Å². The molecule has 0 radical (unpaired) electrons. The molecule has 1 aliphatic rings. The molecule has 0 aliphatic carbocycles. The fourth-order valence-electron chi connectivity index (χ4n) is 3.02. The number of nitrogens with zero attached hydrogens (tertiary/aromatic N) is 1. The van der Waals surface area contributed by atoms with Gasteiger partial charge < -0.3 is 10.2 Å². The molecule has 23 heavy (non-hydrogen) atoms. The number of nitrogens with one attached hydrogen (secondary N) is 1. The summed E-state index contributed by atoms with van der Waals surface area (Å²) in [5.74, 6) is -0.497. The molecule has 0 spiro atoms. The largest absolute Gasteiger partial charge is 0.374 e. The average molecular weight is 312 g/mol. The van der Waals surface area contributed by atoms with Crippen LogP contribution in [0.3, 0.4) is 0 Å². The number of aryl methyl sites for hydroxylation is 1. The molecule has 0 fully saturated rings. The van der Waals surface area contributed by atoms with Gasteiger partial charge in [0.15, 0.2) is 0 Å². The molecule has 4 heteroatoms. The highest BCUT2D eigenvalue weighted by atomic mass is 19.1. The Morgan fingerprint density at radius 1 is 1.22 bits per heavy atom. The highest BCUT2D eigenvalue weighted by molar-refractivity contribution is 5.94. The molecule has 0 bridgehead atoms. The molecule has 0 aromatic heterocycles. The summed E-state index contributed by atoms with van der Waals surface area (Å²) in [7, 11) is 2.13. The van der Waals surface area contributed by atoms with Gasteiger partial charge in [0.05, 0.1) is 0 Å². The number of halogens is 1. The van der Waals surface area contributed by atoms with Crippen LogP contribution in [0.1, 0.15) is 27.9 Å². The first-order valence-corrected chi connectivity index (χ1v) is 8.00. The summed E-state index contributed by atoms with van der Waals surface area (Å²) in [6.45, 7) is 1.69. The summed E-state index contributed by atoms with van der Waals surface area (Å²) >= 11 is 0. The Bertz CT molecular complexity index is 697. The fourth-order valence-corrected chi connectivity index (χ4v) is 3.02. The zero-order chi connectivity index (χ0) is 16.2. The normalized spacial score (nSPS) is 13.6. The maximum atomic E-state index is 12.9. The molecule has 1 N–H and O–H groups in total. The Labute approximate surface area is 136 Å². The Balaban J connectivity index is 1.56. The van der Waals surface area contributed by atoms with E-state index in [1.807, 2.05) is 0 Å². The van der Waals surface area contributed by atoms with Crippen molar-refractivity contribution in [1.82, 2.24) is 5.32 Å². The predicted molar refractivity (Wildman–Crippen MR) is 90.5 cm³/mol. The number of hydrogen-bond donors (Lipinski definition) is 1. The zero-order valence-electron chi connectivity index (χ0n) is 13.3. The van der Waals surface area contributed by atoms with Gasteiger partial charge in [0, 0.05) is 31.4 Å². The Hall–Kier alpha value is -2.36. The molecule has 0 unspecified atom stereocenters. The second-order valence-corrected chi connectivity index (χ2v) is 6.00. The van der Waals surface area contributed by atoms with Crippen LogP contribution in [0.4, 0.5) is 10.1 Å². The summed E-state index contributed by atoms with van der Waals surface area (Å²) < 4.78 is 12.9. The van der Waals surface area contributed by atoms with Gasteiger partial charge in [-0.2, -0.15) is 0 Å². The standard InChI is InChI=1S/C19H21FN2O/c1-22-12-2-3-16-13-14(4-9-18(16)22)10-11-21-19(23)15-5-7-17(20)8-6-15/h4-9,13H,2-3,10-12H2,1H3,(H,21,23). The molecule has 2 aromatic rings. The van der Waals surface area contributed by atoms with E-state index in [1.165, 1.54) is 47.5 Å². The third-order valence-electron chi connectivity index (χ3n) is 4.30. The van der Waals surface area contributed by atoms with Gasteiger partial charge in [-0.3, -0.25) is 4.79 Å². The summed E-state index contributed by atoms with van der Waals surface area (Å²) in [6.07, 6.45) is 3.10. The molecule has 120 valence electrons. The van der Waals surface area contributed by atoms with Crippen molar-refractivity contribution in [2.45, 2.75) is 19.3 Å². The molecule has 2 aromatic carbocycles. The van der Waals surface area contributed by atoms with Crippen LogP contribution in [-0.2, 0) is 12.8 Å². The molecule has 0 saturated heterocycles. The van der Waals surface area contributed by atoms with E-state index in [0.717, 1.165) is 19.4 Å². The van der Waals surface area contributed by atoms with Gasteiger partial charge in [-0.15, -0.1) is 0 Å². The van der Waals surface area contributed by atoms with E-state index >= 15 is 0 Å². The minimum Gasteiger partial charge on any atom is -0.374 e. The molecule has 3 rings (SSSR count). The van der Waals surface area contributed by atoms with Gasteiger partial charge in [0.25, 0.3) is 5.91 Å². The predicted octanol–water partition coefficient (Wildman–Crippen LogP) is 3.18. The van der Waals surface area contributed by atoms with Crippen molar-refractivity contribution in [3.63, 3.8) is 0 Å². The topological polar surface area (TPSA) is 32.3 Å². The van der Waals surface area contributed by atoms with Crippen molar-refractivity contribution in [3.05, 3.63) is 65.0 Å². The molecular weight excluding hydrogens is 291 g/mol. The third-order valence-corrected chi connectivity index (χ3v) is 4.30. The molecule has 0 atom stereocenters. The lowest BCUT2D eigenvalue weighted by atomic mass is 9.98. The van der Waals surface area contributed by atoms with E-state index in [2.05, 4.69) is 35.5 Å². The first-order valence-electron chi connectivity index (χ1n) is 8.00. The summed E-state index contributed by atoms with van der Waals surface area (Å²) in [4.78, 5) is 14.3. The number of carbonyl (C=O) groups is 1. The number of fused-ring (bicyclic) bond motifs is 1. The second-order valence-electron chi connectivity index (χ2n) is 6.00. The molecule has 1 aliphatic heterocycles. The Morgan fingerprint density at radius 3 is 2.78 bits per heavy atom. The zero-order valence-corrected chi connectivity index (χ0v) is 13.3. The smallest absolute Gasteiger partial charge is 0.251 e. The SMILES string of the molecule is CN1CCCc2cc(CCNC(=O)c3ccc(F)cc3)ccc21. The molecule has 0 saturated carbocycles. The van der Waals surface area contributed by atoms with Crippen LogP contribution in [0.5, 0.6) is 0 Å². The van der Waals surface area contributed by atoms with E-state index in [-0.39, 0.29) is 11.7 Å². The monoisotopic (exact) mass is 312 g/mol. The van der Waals surface area contributed by atoms with E-state index in [1.54, 1.807) is 0 Å². The maximum Gasteiger partial charge on any atom is 0.251 e. The summed E-state index contributed by atoms with van der Waals surface area (Å²) in [5, 5.41) is 2.88. The average Bonchev–Trinajstić information content (AvgIpc) is 2.55. The summed E-state index contributed by atoms with van der Waals surface area (Å²) in [6, 6.07) is 12.1. The van der Waals surface area contributed by atoms with Gasteiger partial charge in [0.2, 0.25) is 0 Å². The maximum absolute atomic E-state index is 12.9. The van der Waals surface area contributed by atoms with Crippen LogP contribution in [-0.4, -0.2) is 26.0 Å². The van der Waals surface area contributed by atoms with Gasteiger partial charge in [-0.05, 0) is 60.7 Å². The van der Waals surface area contributed by atoms with Crippen LogP contribution in [0.25, 0.3) is 0 Å². The quantitative estimate of drug-likeness (QED) is 0.940. The number of amides is 1. The lowest BCUT2D eigenvalue weighted by Gasteiger charge is -2.27. The highest BCUT2D eigenvalue weighted by Gasteiger charge is 2.13. The number of carbonyl (C=O) groups excluding carboxylic acids is 1. The van der Waals surface area contributed by atoms with Crippen molar-refractivity contribution in [3.8, 4) is 0 Å². The number of anilines is 1. The summed E-state index contributed by atoms with van der Waals surface area (Å²) in [5.41, 5.74) is 4.42. The number of hydrogen-bond acceptors (Lipinski definition) is 2. The van der Waals surface area contributed by atoms with Crippen molar-refractivity contribution in [1.29, 1.82) is 0 Å². The minimum absolute atomic E-state index is 0.164. The van der Waals surface area contributed by atoms with Crippen molar-refractivity contribution >= 4 is 11.6 Å². The van der Waals surface area contributed by atoms with Gasteiger partial charge in [-0.25, -0.2) is 4.39 Å².